The molecular formula is C22H40NNa2O14P. The van der Waals surface area contributed by atoms with Crippen molar-refractivity contribution in [3.05, 3.63) is 0 Å². The third-order valence-electron chi connectivity index (χ3n) is 6.30. The number of hydrogen-bond acceptors (Lipinski definition) is 14. The summed E-state index contributed by atoms with van der Waals surface area (Å²) in [6, 6.07) is -1.50. The Hall–Kier alpha value is 1.22. The maximum atomic E-state index is 11.9. The van der Waals surface area contributed by atoms with Crippen LogP contribution in [0, 0.1) is 0 Å². The number of phosphoric acid groups is 1. The molecule has 0 saturated carbocycles. The predicted molar refractivity (Wildman–Crippen MR) is 125 cm³/mol. The Morgan fingerprint density at radius 3 is 2.02 bits per heavy atom. The van der Waals surface area contributed by atoms with E-state index in [1.807, 2.05) is 0 Å². The van der Waals surface area contributed by atoms with Gasteiger partial charge in [0.05, 0.1) is 13.2 Å². The Morgan fingerprint density at radius 2 is 1.48 bits per heavy atom. The third-order valence-corrected chi connectivity index (χ3v) is 6.81. The molecular weight excluding hydrogens is 579 g/mol. The molecule has 0 aromatic carbocycles. The minimum Gasteiger partial charge on any atom is -0.862 e. The number of phosphoric ester groups is 1. The van der Waals surface area contributed by atoms with E-state index in [-0.39, 0.29) is 65.7 Å². The number of ether oxygens (including phenoxy) is 4. The molecule has 40 heavy (non-hydrogen) atoms. The fraction of sp³-hybridized carbons (Fsp3) is 0.955. The molecule has 2 aliphatic rings. The van der Waals surface area contributed by atoms with Gasteiger partial charge in [-0.05, 0) is 19.2 Å². The molecule has 0 spiro atoms. The normalized spacial score (nSPS) is 36.3. The van der Waals surface area contributed by atoms with E-state index in [2.05, 4.69) is 11.9 Å². The zero-order valence-electron chi connectivity index (χ0n) is 23.5. The molecule has 1 unspecified atom stereocenters. The van der Waals surface area contributed by atoms with Crippen molar-refractivity contribution >= 4 is 13.7 Å². The molecule has 2 rings (SSSR count). The van der Waals surface area contributed by atoms with Gasteiger partial charge in [-0.15, -0.1) is 0 Å². The number of aliphatic hydroxyl groups is 5. The molecule has 2 fully saturated rings. The smallest absolute Gasteiger partial charge is 0.862 e. The predicted octanol–water partition coefficient (Wildman–Crippen LogP) is -8.73. The maximum Gasteiger partial charge on any atom is 1.00 e. The van der Waals surface area contributed by atoms with E-state index in [1.165, 1.54) is 0 Å². The van der Waals surface area contributed by atoms with Crippen molar-refractivity contribution < 1.29 is 128 Å². The molecule has 224 valence electrons. The topological polar surface area (TPSA) is 243 Å². The molecule has 2 saturated heterocycles. The SMILES string of the molecule is CCCCCCCCO[C@@H]1O[C@H](CO)[C@@H](O[C@@H]2O[C@H](CO)[C@H](O)[C@H](O)[C@H]2O)[C@H](OP(=O)([O-])O)[C@H]1N=C(C)[O-].[Na+].[Na+]. The summed E-state index contributed by atoms with van der Waals surface area (Å²) in [5, 5.41) is 61.8. The molecule has 2 aliphatic heterocycles. The minimum absolute atomic E-state index is 0. The molecule has 0 bridgehead atoms. The third kappa shape index (κ3) is 12.7. The Morgan fingerprint density at radius 1 is 0.900 bits per heavy atom. The Kier molecular flexibility index (Phi) is 20.9. The van der Waals surface area contributed by atoms with E-state index in [1.54, 1.807) is 0 Å². The van der Waals surface area contributed by atoms with Gasteiger partial charge in [0.1, 0.15) is 48.8 Å². The zero-order valence-corrected chi connectivity index (χ0v) is 28.4. The van der Waals surface area contributed by atoms with Gasteiger partial charge in [-0.25, -0.2) is 0 Å². The Balaban J connectivity index is 0.00000760. The summed E-state index contributed by atoms with van der Waals surface area (Å²) < 4.78 is 39.0. The number of hydrogen-bond donors (Lipinski definition) is 6. The minimum atomic E-state index is -5.50. The first kappa shape index (κ1) is 41.2. The first-order valence-electron chi connectivity index (χ1n) is 12.7. The van der Waals surface area contributed by atoms with Crippen LogP contribution in [0.3, 0.4) is 0 Å². The molecule has 6 N–H and O–H groups in total. The summed E-state index contributed by atoms with van der Waals surface area (Å²) in [6.07, 6.45) is -9.06. The van der Waals surface area contributed by atoms with Crippen LogP contribution in [0.1, 0.15) is 52.4 Å². The Bertz CT molecular complexity index is 774. The van der Waals surface area contributed by atoms with Gasteiger partial charge in [0.15, 0.2) is 12.6 Å². The van der Waals surface area contributed by atoms with Crippen LogP contribution in [-0.4, -0.2) is 117 Å². The van der Waals surface area contributed by atoms with E-state index in [0.29, 0.717) is 6.42 Å². The van der Waals surface area contributed by atoms with Crippen LogP contribution in [-0.2, 0) is 28.0 Å². The molecule has 0 aliphatic carbocycles. The Labute approximate surface area is 278 Å². The second-order valence-corrected chi connectivity index (χ2v) is 10.5. The quantitative estimate of drug-likeness (QED) is 0.0328. The zero-order chi connectivity index (χ0) is 28.5. The van der Waals surface area contributed by atoms with Gasteiger partial charge in [0.25, 0.3) is 7.82 Å². The standard InChI is InChI=1S/C22H42NO14P.2Na/c1-3-4-5-6-7-8-9-33-21-15(23-12(2)26)20(37-38(30,31)32)19(14(11-25)35-21)36-22-18(29)17(28)16(27)13(10-24)34-22;;/h13-22,24-25,27-29H,3-11H2,1-2H3,(H,23,26)(H2,30,31,32);;/q;2*+1/p-2/t13-,14-,15-,16+,17+,18-,19-,20-,21-,22+;;/m1../s1. The van der Waals surface area contributed by atoms with Crippen molar-refractivity contribution in [3.63, 3.8) is 0 Å². The van der Waals surface area contributed by atoms with E-state index in [4.69, 9.17) is 23.5 Å². The van der Waals surface area contributed by atoms with Crippen molar-refractivity contribution in [2.75, 3.05) is 19.8 Å². The number of unbranched alkanes of at least 4 members (excludes halogenated alkanes) is 5. The summed E-state index contributed by atoms with van der Waals surface area (Å²) >= 11 is 0. The van der Waals surface area contributed by atoms with E-state index in [9.17, 15) is 45.0 Å². The van der Waals surface area contributed by atoms with Crippen molar-refractivity contribution in [3.8, 4) is 0 Å². The van der Waals surface area contributed by atoms with Gasteiger partial charge < -0.3 is 63.9 Å². The van der Waals surface area contributed by atoms with Gasteiger partial charge in [-0.1, -0.05) is 39.0 Å². The van der Waals surface area contributed by atoms with Gasteiger partial charge in [0, 0.05) is 6.61 Å². The van der Waals surface area contributed by atoms with Crippen LogP contribution < -0.4 is 69.1 Å². The maximum absolute atomic E-state index is 11.9. The van der Waals surface area contributed by atoms with Crippen molar-refractivity contribution in [1.29, 1.82) is 0 Å². The van der Waals surface area contributed by atoms with Crippen LogP contribution in [0.15, 0.2) is 4.99 Å². The number of aliphatic imine (C=N–C) groups is 1. The molecule has 0 radical (unpaired) electrons. The number of rotatable bonds is 15. The monoisotopic (exact) mass is 619 g/mol. The summed E-state index contributed by atoms with van der Waals surface area (Å²) in [4.78, 5) is 25.1. The van der Waals surface area contributed by atoms with E-state index >= 15 is 0 Å². The van der Waals surface area contributed by atoms with Crippen molar-refractivity contribution in [1.82, 2.24) is 0 Å². The largest absolute Gasteiger partial charge is 1.00 e. The molecule has 15 nitrogen and oxygen atoms in total. The van der Waals surface area contributed by atoms with Gasteiger partial charge >= 0.3 is 59.1 Å². The number of aliphatic hydroxyl groups excluding tert-OH is 5. The molecule has 0 amide bonds. The van der Waals surface area contributed by atoms with Crippen LogP contribution in [0.5, 0.6) is 0 Å². The van der Waals surface area contributed by atoms with Crippen molar-refractivity contribution in [2.45, 2.75) is 114 Å². The fourth-order valence-corrected chi connectivity index (χ4v) is 4.93. The summed E-state index contributed by atoms with van der Waals surface area (Å²) in [5.74, 6) is -0.756. The molecule has 0 aromatic rings. The molecule has 18 heteroatoms. The average Bonchev–Trinajstić information content (AvgIpc) is 2.85. The molecule has 2 heterocycles. The average molecular weight is 620 g/mol. The van der Waals surface area contributed by atoms with Gasteiger partial charge in [0.2, 0.25) is 0 Å². The summed E-state index contributed by atoms with van der Waals surface area (Å²) in [6.45, 7) is 1.78. The van der Waals surface area contributed by atoms with Crippen molar-refractivity contribution in [2.24, 2.45) is 4.99 Å². The van der Waals surface area contributed by atoms with Gasteiger partial charge in [-0.2, -0.15) is 0 Å². The van der Waals surface area contributed by atoms with Gasteiger partial charge in [-0.3, -0.25) is 9.56 Å². The number of nitrogens with zero attached hydrogens (tertiary/aromatic N) is 1. The van der Waals surface area contributed by atoms with E-state index in [0.717, 1.165) is 39.0 Å². The molecule has 11 atom stereocenters. The van der Waals surface area contributed by atoms with Crippen LogP contribution in [0.2, 0.25) is 0 Å². The fourth-order valence-electron chi connectivity index (χ4n) is 4.38. The van der Waals surface area contributed by atoms with Crippen LogP contribution >= 0.6 is 7.82 Å². The first-order chi connectivity index (χ1) is 17.9. The second-order valence-electron chi connectivity index (χ2n) is 9.34. The summed E-state index contributed by atoms with van der Waals surface area (Å²) in [5.41, 5.74) is 0. The van der Waals surface area contributed by atoms with E-state index < -0.39 is 88.3 Å². The van der Waals surface area contributed by atoms with Crippen LogP contribution in [0.25, 0.3) is 0 Å². The summed E-state index contributed by atoms with van der Waals surface area (Å²) in [7, 11) is -5.50. The van der Waals surface area contributed by atoms with Crippen LogP contribution in [0.4, 0.5) is 0 Å². The molecule has 0 aromatic heterocycles. The second kappa shape index (κ2) is 20.3. The first-order valence-corrected chi connectivity index (χ1v) is 14.2.